The lowest BCUT2D eigenvalue weighted by Gasteiger charge is -2.08. The predicted octanol–water partition coefficient (Wildman–Crippen LogP) is 2.87. The Morgan fingerprint density at radius 2 is 2.08 bits per heavy atom. The van der Waals surface area contributed by atoms with Crippen LogP contribution in [0.5, 0.6) is 0 Å². The summed E-state index contributed by atoms with van der Waals surface area (Å²) in [6.07, 6.45) is -2.25. The molecule has 0 aromatic carbocycles. The number of halogens is 4. The van der Waals surface area contributed by atoms with Crippen LogP contribution in [0.25, 0.3) is 0 Å². The molecule has 0 aliphatic carbocycles. The van der Waals surface area contributed by atoms with Crippen LogP contribution in [0.2, 0.25) is 5.28 Å². The number of aromatic nitrogens is 2. The molecular weight excluding hydrogens is 225 g/mol. The Morgan fingerprint density at radius 3 is 2.54 bits per heavy atom. The highest BCUT2D eigenvalue weighted by molar-refractivity contribution is 7.98. The van der Waals surface area contributed by atoms with Gasteiger partial charge < -0.3 is 0 Å². The van der Waals surface area contributed by atoms with Gasteiger partial charge in [-0.3, -0.25) is 0 Å². The first-order valence-corrected chi connectivity index (χ1v) is 4.69. The summed E-state index contributed by atoms with van der Waals surface area (Å²) in [4.78, 5) is 6.73. The van der Waals surface area contributed by atoms with Crippen LogP contribution in [0.3, 0.4) is 0 Å². The van der Waals surface area contributed by atoms with Gasteiger partial charge in [0.1, 0.15) is 10.6 Å². The first kappa shape index (κ1) is 10.6. The molecule has 13 heavy (non-hydrogen) atoms. The smallest absolute Gasteiger partial charge is 0.226 e. The molecule has 0 spiro atoms. The van der Waals surface area contributed by atoms with Crippen molar-refractivity contribution in [3.05, 3.63) is 17.0 Å². The Labute approximate surface area is 81.5 Å². The molecule has 0 unspecified atom stereocenters. The molecule has 0 aliphatic rings. The molecule has 0 fully saturated rings. The van der Waals surface area contributed by atoms with E-state index in [1.165, 1.54) is 6.26 Å². The van der Waals surface area contributed by atoms with Gasteiger partial charge in [0.25, 0.3) is 0 Å². The number of alkyl halides is 3. The van der Waals surface area contributed by atoms with Gasteiger partial charge in [-0.05, 0) is 17.9 Å². The van der Waals surface area contributed by atoms with Crippen molar-refractivity contribution in [2.75, 3.05) is 6.26 Å². The fourth-order valence-corrected chi connectivity index (χ4v) is 1.45. The highest BCUT2D eigenvalue weighted by atomic mass is 35.5. The fraction of sp³-hybridized carbons (Fsp3) is 0.333. The third-order valence-corrected chi connectivity index (χ3v) is 2.10. The van der Waals surface area contributed by atoms with Gasteiger partial charge in [0.2, 0.25) is 5.28 Å². The summed E-state index contributed by atoms with van der Waals surface area (Å²) < 4.78 is 36.7. The summed E-state index contributed by atoms with van der Waals surface area (Å²) in [6, 6.07) is 0. The molecule has 2 nitrogen and oxygen atoms in total. The maximum absolute atomic E-state index is 12.2. The van der Waals surface area contributed by atoms with Crippen LogP contribution in [-0.2, 0) is 6.18 Å². The van der Waals surface area contributed by atoms with Gasteiger partial charge in [-0.25, -0.2) is 9.97 Å². The van der Waals surface area contributed by atoms with Crippen molar-refractivity contribution in [3.8, 4) is 0 Å². The van der Waals surface area contributed by atoms with Gasteiger partial charge in [0.05, 0.1) is 0 Å². The first-order valence-electron chi connectivity index (χ1n) is 3.09. The SMILES string of the molecule is CSc1nc(Cl)ncc1C(F)(F)F. The second-order valence-electron chi connectivity index (χ2n) is 2.06. The summed E-state index contributed by atoms with van der Waals surface area (Å²) in [7, 11) is 0. The van der Waals surface area contributed by atoms with Crippen molar-refractivity contribution in [1.82, 2.24) is 9.97 Å². The van der Waals surface area contributed by atoms with Crippen molar-refractivity contribution in [2.45, 2.75) is 11.2 Å². The van der Waals surface area contributed by atoms with E-state index in [-0.39, 0.29) is 10.3 Å². The maximum atomic E-state index is 12.2. The number of rotatable bonds is 1. The molecule has 1 aromatic rings. The molecule has 0 amide bonds. The highest BCUT2D eigenvalue weighted by Crippen LogP contribution is 2.34. The quantitative estimate of drug-likeness (QED) is 0.420. The Kier molecular flexibility index (Phi) is 3.02. The zero-order valence-electron chi connectivity index (χ0n) is 6.39. The Morgan fingerprint density at radius 1 is 1.46 bits per heavy atom. The van der Waals surface area contributed by atoms with E-state index in [0.717, 1.165) is 11.8 Å². The molecule has 0 saturated heterocycles. The van der Waals surface area contributed by atoms with Crippen molar-refractivity contribution in [3.63, 3.8) is 0 Å². The molecule has 0 bridgehead atoms. The lowest BCUT2D eigenvalue weighted by molar-refractivity contribution is -0.140. The number of hydrogen-bond acceptors (Lipinski definition) is 3. The minimum absolute atomic E-state index is 0.160. The molecule has 0 radical (unpaired) electrons. The van der Waals surface area contributed by atoms with Gasteiger partial charge in [-0.15, -0.1) is 11.8 Å². The van der Waals surface area contributed by atoms with E-state index >= 15 is 0 Å². The number of nitrogens with zero attached hydrogens (tertiary/aromatic N) is 2. The zero-order valence-corrected chi connectivity index (χ0v) is 7.96. The minimum Gasteiger partial charge on any atom is -0.226 e. The Hall–Kier alpha value is -0.490. The van der Waals surface area contributed by atoms with Crippen LogP contribution in [-0.4, -0.2) is 16.2 Å². The summed E-state index contributed by atoms with van der Waals surface area (Å²) in [5.74, 6) is 0. The number of thioether (sulfide) groups is 1. The van der Waals surface area contributed by atoms with E-state index in [1.54, 1.807) is 0 Å². The van der Waals surface area contributed by atoms with Gasteiger partial charge >= 0.3 is 6.18 Å². The maximum Gasteiger partial charge on any atom is 0.420 e. The van der Waals surface area contributed by atoms with Crippen LogP contribution in [0.1, 0.15) is 5.56 Å². The molecule has 0 atom stereocenters. The van der Waals surface area contributed by atoms with Gasteiger partial charge in [0.15, 0.2) is 0 Å². The first-order chi connectivity index (χ1) is 5.95. The lowest BCUT2D eigenvalue weighted by Crippen LogP contribution is -2.08. The predicted molar refractivity (Wildman–Crippen MR) is 43.8 cm³/mol. The monoisotopic (exact) mass is 228 g/mol. The van der Waals surface area contributed by atoms with E-state index in [0.29, 0.717) is 6.20 Å². The van der Waals surface area contributed by atoms with E-state index in [2.05, 4.69) is 9.97 Å². The van der Waals surface area contributed by atoms with Gasteiger partial charge in [-0.2, -0.15) is 13.2 Å². The number of hydrogen-bond donors (Lipinski definition) is 0. The van der Waals surface area contributed by atoms with E-state index in [9.17, 15) is 13.2 Å². The second kappa shape index (κ2) is 3.71. The van der Waals surface area contributed by atoms with Crippen molar-refractivity contribution >= 4 is 23.4 Å². The minimum atomic E-state index is -4.43. The average molecular weight is 229 g/mol. The molecule has 0 saturated carbocycles. The standard InChI is InChI=1S/C6H4ClF3N2S/c1-13-4-3(6(8,9)10)2-11-5(7)12-4/h2H,1H3. The summed E-state index contributed by atoms with van der Waals surface area (Å²) in [6.45, 7) is 0. The molecule has 7 heteroatoms. The largest absolute Gasteiger partial charge is 0.420 e. The van der Waals surface area contributed by atoms with Crippen LogP contribution in [0.4, 0.5) is 13.2 Å². The highest BCUT2D eigenvalue weighted by Gasteiger charge is 2.34. The van der Waals surface area contributed by atoms with Crippen molar-refractivity contribution in [2.24, 2.45) is 0 Å². The summed E-state index contributed by atoms with van der Waals surface area (Å²) in [5.41, 5.74) is -0.857. The summed E-state index contributed by atoms with van der Waals surface area (Å²) >= 11 is 6.22. The topological polar surface area (TPSA) is 25.8 Å². The molecular formula is C6H4ClF3N2S. The van der Waals surface area contributed by atoms with Crippen molar-refractivity contribution < 1.29 is 13.2 Å². The zero-order chi connectivity index (χ0) is 10.1. The third kappa shape index (κ3) is 2.47. The van der Waals surface area contributed by atoms with Gasteiger partial charge in [0, 0.05) is 6.20 Å². The average Bonchev–Trinajstić information content (AvgIpc) is 2.01. The van der Waals surface area contributed by atoms with E-state index in [4.69, 9.17) is 11.6 Å². The molecule has 1 rings (SSSR count). The van der Waals surface area contributed by atoms with Crippen molar-refractivity contribution in [1.29, 1.82) is 0 Å². The fourth-order valence-electron chi connectivity index (χ4n) is 0.696. The van der Waals surface area contributed by atoms with Crippen LogP contribution in [0.15, 0.2) is 11.2 Å². The molecule has 0 N–H and O–H groups in total. The molecule has 0 aliphatic heterocycles. The Balaban J connectivity index is 3.22. The molecule has 72 valence electrons. The second-order valence-corrected chi connectivity index (χ2v) is 3.19. The van der Waals surface area contributed by atoms with Crippen LogP contribution in [0, 0.1) is 0 Å². The third-order valence-electron chi connectivity index (χ3n) is 1.22. The van der Waals surface area contributed by atoms with E-state index in [1.807, 2.05) is 0 Å². The molecule has 1 heterocycles. The molecule has 1 aromatic heterocycles. The normalized spacial score (nSPS) is 11.8. The van der Waals surface area contributed by atoms with Crippen LogP contribution < -0.4 is 0 Å². The van der Waals surface area contributed by atoms with Gasteiger partial charge in [-0.1, -0.05) is 0 Å². The summed E-state index contributed by atoms with van der Waals surface area (Å²) in [5, 5.41) is -0.343. The van der Waals surface area contributed by atoms with Crippen LogP contribution >= 0.6 is 23.4 Å². The Bertz CT molecular complexity index is 315. The lowest BCUT2D eigenvalue weighted by atomic mass is 10.3. The van der Waals surface area contributed by atoms with E-state index < -0.39 is 11.7 Å².